The van der Waals surface area contributed by atoms with Gasteiger partial charge in [0.1, 0.15) is 0 Å². The monoisotopic (exact) mass is 275 g/mol. The molecule has 0 radical (unpaired) electrons. The van der Waals surface area contributed by atoms with Crippen molar-refractivity contribution in [2.75, 3.05) is 17.6 Å². The first-order chi connectivity index (χ1) is 9.47. The van der Waals surface area contributed by atoms with Gasteiger partial charge in [-0.3, -0.25) is 9.69 Å². The van der Waals surface area contributed by atoms with Gasteiger partial charge in [-0.25, -0.2) is 0 Å². The molecular formula is C16H25N3O. The summed E-state index contributed by atoms with van der Waals surface area (Å²) in [7, 11) is 0. The molecule has 110 valence electrons. The Morgan fingerprint density at radius 2 is 2.00 bits per heavy atom. The van der Waals surface area contributed by atoms with Crippen LogP contribution in [0, 0.1) is 6.92 Å². The maximum Gasteiger partial charge on any atom is 0.238 e. The van der Waals surface area contributed by atoms with Crippen LogP contribution in [0.5, 0.6) is 0 Å². The summed E-state index contributed by atoms with van der Waals surface area (Å²) in [5.74, 6) is 0.0541. The lowest BCUT2D eigenvalue weighted by molar-refractivity contribution is -0.118. The molecule has 1 aliphatic heterocycles. The van der Waals surface area contributed by atoms with Crippen molar-refractivity contribution in [3.8, 4) is 0 Å². The third-order valence-electron chi connectivity index (χ3n) is 4.23. The number of piperidine rings is 1. The molecule has 1 saturated heterocycles. The number of carbonyl (C=O) groups excluding carboxylic acids is 1. The highest BCUT2D eigenvalue weighted by molar-refractivity contribution is 5.93. The molecule has 1 aromatic rings. The van der Waals surface area contributed by atoms with E-state index in [1.54, 1.807) is 0 Å². The van der Waals surface area contributed by atoms with Crippen molar-refractivity contribution in [3.05, 3.63) is 23.8 Å². The van der Waals surface area contributed by atoms with E-state index in [2.05, 4.69) is 24.1 Å². The van der Waals surface area contributed by atoms with Gasteiger partial charge in [-0.05, 0) is 57.4 Å². The van der Waals surface area contributed by atoms with Gasteiger partial charge in [0.25, 0.3) is 0 Å². The van der Waals surface area contributed by atoms with E-state index in [1.807, 2.05) is 25.1 Å². The van der Waals surface area contributed by atoms with Gasteiger partial charge < -0.3 is 11.1 Å². The number of nitrogens with one attached hydrogen (secondary N) is 1. The number of hydrogen-bond donors (Lipinski definition) is 2. The van der Waals surface area contributed by atoms with Crippen LogP contribution in [0.1, 0.15) is 38.7 Å². The van der Waals surface area contributed by atoms with Gasteiger partial charge in [0.15, 0.2) is 0 Å². The Bertz CT molecular complexity index is 477. The number of aryl methyl sites for hydroxylation is 1. The van der Waals surface area contributed by atoms with Gasteiger partial charge in [0, 0.05) is 23.5 Å². The van der Waals surface area contributed by atoms with E-state index >= 15 is 0 Å². The highest BCUT2D eigenvalue weighted by Gasteiger charge is 2.26. The quantitative estimate of drug-likeness (QED) is 0.834. The molecule has 3 N–H and O–H groups in total. The molecular weight excluding hydrogens is 250 g/mol. The third kappa shape index (κ3) is 3.51. The van der Waals surface area contributed by atoms with E-state index in [0.29, 0.717) is 18.6 Å². The molecule has 0 aliphatic carbocycles. The summed E-state index contributed by atoms with van der Waals surface area (Å²) < 4.78 is 0. The molecule has 0 aromatic heterocycles. The molecule has 1 fully saturated rings. The molecule has 2 rings (SSSR count). The first kappa shape index (κ1) is 14.9. The third-order valence-corrected chi connectivity index (χ3v) is 4.23. The summed E-state index contributed by atoms with van der Waals surface area (Å²) in [6, 6.07) is 6.52. The molecule has 1 amide bonds. The SMILES string of the molecule is Cc1cc(N)ccc1NC(=O)CN1C(C)CCCC1C. The zero-order valence-electron chi connectivity index (χ0n) is 12.6. The second-order valence-electron chi connectivity index (χ2n) is 5.92. The number of rotatable bonds is 3. The van der Waals surface area contributed by atoms with Crippen molar-refractivity contribution >= 4 is 17.3 Å². The van der Waals surface area contributed by atoms with E-state index in [1.165, 1.54) is 19.3 Å². The largest absolute Gasteiger partial charge is 0.399 e. The summed E-state index contributed by atoms with van der Waals surface area (Å²) >= 11 is 0. The minimum atomic E-state index is 0.0541. The maximum atomic E-state index is 12.2. The van der Waals surface area contributed by atoms with Crippen molar-refractivity contribution < 1.29 is 4.79 Å². The molecule has 0 spiro atoms. The Balaban J connectivity index is 1.98. The van der Waals surface area contributed by atoms with Crippen LogP contribution >= 0.6 is 0 Å². The van der Waals surface area contributed by atoms with Gasteiger partial charge in [-0.15, -0.1) is 0 Å². The predicted octanol–water partition coefficient (Wildman–Crippen LogP) is 2.78. The Kier molecular flexibility index (Phi) is 4.65. The van der Waals surface area contributed by atoms with Crippen molar-refractivity contribution in [1.29, 1.82) is 0 Å². The summed E-state index contributed by atoms with van der Waals surface area (Å²) in [5.41, 5.74) is 8.29. The van der Waals surface area contributed by atoms with Crippen molar-refractivity contribution in [2.45, 2.75) is 52.1 Å². The van der Waals surface area contributed by atoms with Crippen molar-refractivity contribution in [3.63, 3.8) is 0 Å². The maximum absolute atomic E-state index is 12.2. The molecule has 20 heavy (non-hydrogen) atoms. The fourth-order valence-corrected chi connectivity index (χ4v) is 2.97. The number of nitrogens with zero attached hydrogens (tertiary/aromatic N) is 1. The van der Waals surface area contributed by atoms with E-state index in [-0.39, 0.29) is 5.91 Å². The van der Waals surface area contributed by atoms with E-state index < -0.39 is 0 Å². The molecule has 2 unspecified atom stereocenters. The second kappa shape index (κ2) is 6.27. The number of carbonyl (C=O) groups is 1. The van der Waals surface area contributed by atoms with Crippen LogP contribution in [0.4, 0.5) is 11.4 Å². The molecule has 1 aromatic carbocycles. The van der Waals surface area contributed by atoms with Crippen LogP contribution < -0.4 is 11.1 Å². The first-order valence-corrected chi connectivity index (χ1v) is 7.39. The fourth-order valence-electron chi connectivity index (χ4n) is 2.97. The summed E-state index contributed by atoms with van der Waals surface area (Å²) in [6.07, 6.45) is 3.62. The lowest BCUT2D eigenvalue weighted by Gasteiger charge is -2.38. The highest BCUT2D eigenvalue weighted by atomic mass is 16.2. The standard InChI is InChI=1S/C16H25N3O/c1-11-9-14(17)7-8-15(11)18-16(20)10-19-12(2)5-4-6-13(19)3/h7-9,12-13H,4-6,10,17H2,1-3H3,(H,18,20). The number of amides is 1. The Morgan fingerprint density at radius 3 is 2.60 bits per heavy atom. The van der Waals surface area contributed by atoms with Crippen LogP contribution in [0.3, 0.4) is 0 Å². The molecule has 0 bridgehead atoms. The smallest absolute Gasteiger partial charge is 0.238 e. The fraction of sp³-hybridized carbons (Fsp3) is 0.562. The minimum absolute atomic E-state index is 0.0541. The van der Waals surface area contributed by atoms with Gasteiger partial charge >= 0.3 is 0 Å². The molecule has 4 nitrogen and oxygen atoms in total. The Labute approximate surface area is 121 Å². The molecule has 1 aliphatic rings. The van der Waals surface area contributed by atoms with E-state index in [9.17, 15) is 4.79 Å². The number of hydrogen-bond acceptors (Lipinski definition) is 3. The minimum Gasteiger partial charge on any atom is -0.399 e. The lowest BCUT2D eigenvalue weighted by Crippen LogP contribution is -2.47. The molecule has 1 heterocycles. The Morgan fingerprint density at radius 1 is 1.35 bits per heavy atom. The van der Waals surface area contributed by atoms with Crippen LogP contribution in [0.25, 0.3) is 0 Å². The summed E-state index contributed by atoms with van der Waals surface area (Å²) in [6.45, 7) is 6.83. The molecule has 4 heteroatoms. The summed E-state index contributed by atoms with van der Waals surface area (Å²) in [5, 5.41) is 2.99. The van der Waals surface area contributed by atoms with Gasteiger partial charge in [0.2, 0.25) is 5.91 Å². The number of likely N-dealkylation sites (tertiary alicyclic amines) is 1. The number of nitrogens with two attached hydrogens (primary N) is 1. The molecule has 0 saturated carbocycles. The summed E-state index contributed by atoms with van der Waals surface area (Å²) in [4.78, 5) is 14.5. The van der Waals surface area contributed by atoms with Crippen LogP contribution in [0.15, 0.2) is 18.2 Å². The average Bonchev–Trinajstić information content (AvgIpc) is 2.37. The van der Waals surface area contributed by atoms with Crippen LogP contribution in [-0.2, 0) is 4.79 Å². The zero-order chi connectivity index (χ0) is 14.7. The number of benzene rings is 1. The van der Waals surface area contributed by atoms with Gasteiger partial charge in [0.05, 0.1) is 6.54 Å². The van der Waals surface area contributed by atoms with Crippen LogP contribution in [-0.4, -0.2) is 29.4 Å². The molecule has 2 atom stereocenters. The normalized spacial score (nSPS) is 23.6. The number of nitrogen functional groups attached to an aromatic ring is 1. The second-order valence-corrected chi connectivity index (χ2v) is 5.92. The first-order valence-electron chi connectivity index (χ1n) is 7.39. The van der Waals surface area contributed by atoms with Gasteiger partial charge in [-0.1, -0.05) is 6.42 Å². The van der Waals surface area contributed by atoms with Crippen molar-refractivity contribution in [1.82, 2.24) is 4.90 Å². The average molecular weight is 275 g/mol. The van der Waals surface area contributed by atoms with E-state index in [0.717, 1.165) is 16.9 Å². The predicted molar refractivity (Wildman–Crippen MR) is 83.7 cm³/mol. The topological polar surface area (TPSA) is 58.4 Å². The highest BCUT2D eigenvalue weighted by Crippen LogP contribution is 2.22. The van der Waals surface area contributed by atoms with Gasteiger partial charge in [-0.2, -0.15) is 0 Å². The van der Waals surface area contributed by atoms with E-state index in [4.69, 9.17) is 5.73 Å². The Hall–Kier alpha value is -1.55. The van der Waals surface area contributed by atoms with Crippen LogP contribution in [0.2, 0.25) is 0 Å². The lowest BCUT2D eigenvalue weighted by atomic mass is 9.97. The zero-order valence-corrected chi connectivity index (χ0v) is 12.6. The number of anilines is 2. The van der Waals surface area contributed by atoms with Crippen molar-refractivity contribution in [2.24, 2.45) is 0 Å².